The molecule has 0 saturated carbocycles. The molecule has 13 nitrogen and oxygen atoms in total. The van der Waals surface area contributed by atoms with E-state index in [1.807, 2.05) is 91.2 Å². The van der Waals surface area contributed by atoms with Crippen LogP contribution in [-0.2, 0) is 36.8 Å². The van der Waals surface area contributed by atoms with Crippen LogP contribution in [0.2, 0.25) is 0 Å². The Morgan fingerprint density at radius 2 is 1.47 bits per heavy atom. The zero-order chi connectivity index (χ0) is 41.9. The van der Waals surface area contributed by atoms with Crippen LogP contribution in [0.15, 0.2) is 116 Å². The van der Waals surface area contributed by atoms with Gasteiger partial charge in [0.2, 0.25) is 5.91 Å². The van der Waals surface area contributed by atoms with Gasteiger partial charge in [0.05, 0.1) is 44.1 Å². The number of hydrogen-bond acceptors (Lipinski definition) is 8. The quantitative estimate of drug-likeness (QED) is 0.110. The Bertz CT molecular complexity index is 2070. The van der Waals surface area contributed by atoms with Gasteiger partial charge in [-0.1, -0.05) is 79.7 Å². The number of halogens is 2. The van der Waals surface area contributed by atoms with E-state index < -0.39 is 28.9 Å². The lowest BCUT2D eigenvalue weighted by atomic mass is 9.88. The molecule has 0 radical (unpaired) electrons. The SMILES string of the molecule is CC(C)(c1ccccc1)n1ccnc1.COc1ccc(C(C)(C(=O)N2CCC(C)CC2)n2cnc(NC(=O)[C@@H](COCc3ccccc3)NC(=O)C(C)(C)N)c2)cc1.Cl.Cl. The van der Waals surface area contributed by atoms with E-state index in [-0.39, 0.29) is 55.3 Å². The van der Waals surface area contributed by atoms with Crippen LogP contribution in [0.5, 0.6) is 5.75 Å². The van der Waals surface area contributed by atoms with E-state index in [2.05, 4.69) is 70.2 Å². The Balaban J connectivity index is 0.000000506. The summed E-state index contributed by atoms with van der Waals surface area (Å²) in [6.07, 6.45) is 10.7. The number of amides is 3. The molecule has 3 amide bonds. The van der Waals surface area contributed by atoms with E-state index in [0.717, 1.165) is 24.0 Å². The molecular formula is C45H60Cl2N8O5. The molecule has 0 aliphatic carbocycles. The number of imidazole rings is 2. The van der Waals surface area contributed by atoms with Gasteiger partial charge < -0.3 is 39.9 Å². The number of benzene rings is 3. The third-order valence-electron chi connectivity index (χ3n) is 10.7. The second kappa shape index (κ2) is 21.9. The summed E-state index contributed by atoms with van der Waals surface area (Å²) >= 11 is 0. The Morgan fingerprint density at radius 1 is 0.850 bits per heavy atom. The van der Waals surface area contributed by atoms with E-state index >= 15 is 0 Å². The highest BCUT2D eigenvalue weighted by Gasteiger charge is 2.41. The summed E-state index contributed by atoms with van der Waals surface area (Å²) < 4.78 is 15.0. The van der Waals surface area contributed by atoms with Crippen molar-refractivity contribution < 1.29 is 23.9 Å². The number of rotatable bonds is 14. The number of likely N-dealkylation sites (tertiary alicyclic amines) is 1. The number of piperidine rings is 1. The third-order valence-corrected chi connectivity index (χ3v) is 10.7. The fourth-order valence-corrected chi connectivity index (χ4v) is 6.64. The van der Waals surface area contributed by atoms with Crippen LogP contribution in [0.4, 0.5) is 5.82 Å². The maximum atomic E-state index is 14.2. The number of hydrogen-bond donors (Lipinski definition) is 3. The van der Waals surface area contributed by atoms with Crippen molar-refractivity contribution in [3.63, 3.8) is 0 Å². The number of nitrogens with zero attached hydrogens (tertiary/aromatic N) is 5. The maximum Gasteiger partial charge on any atom is 0.253 e. The molecule has 324 valence electrons. The fraction of sp³-hybridized carbons (Fsp3) is 0.400. The first-order valence-corrected chi connectivity index (χ1v) is 19.7. The van der Waals surface area contributed by atoms with Crippen molar-refractivity contribution in [2.24, 2.45) is 11.7 Å². The molecule has 1 aliphatic rings. The number of anilines is 1. The lowest BCUT2D eigenvalue weighted by molar-refractivity contribution is -0.139. The summed E-state index contributed by atoms with van der Waals surface area (Å²) in [6.45, 7) is 13.1. The molecule has 3 aromatic carbocycles. The van der Waals surface area contributed by atoms with Gasteiger partial charge in [0, 0.05) is 31.7 Å². The molecule has 60 heavy (non-hydrogen) atoms. The Kier molecular flexibility index (Phi) is 17.9. The lowest BCUT2D eigenvalue weighted by Crippen LogP contribution is -2.56. The van der Waals surface area contributed by atoms with Gasteiger partial charge >= 0.3 is 0 Å². The van der Waals surface area contributed by atoms with Crippen molar-refractivity contribution in [3.8, 4) is 5.75 Å². The number of carbonyl (C=O) groups excluding carboxylic acids is 3. The summed E-state index contributed by atoms with van der Waals surface area (Å²) in [5.74, 6) is 0.385. The number of nitrogens with one attached hydrogen (secondary N) is 2. The molecule has 2 atom stereocenters. The number of nitrogens with two attached hydrogens (primary N) is 1. The van der Waals surface area contributed by atoms with Gasteiger partial charge in [-0.25, -0.2) is 9.97 Å². The summed E-state index contributed by atoms with van der Waals surface area (Å²) in [5, 5.41) is 5.48. The average molecular weight is 864 g/mol. The van der Waals surface area contributed by atoms with Crippen molar-refractivity contribution in [3.05, 3.63) is 133 Å². The van der Waals surface area contributed by atoms with Crippen LogP contribution in [0.25, 0.3) is 0 Å². The van der Waals surface area contributed by atoms with Crippen molar-refractivity contribution in [2.75, 3.05) is 32.1 Å². The molecule has 0 spiro atoms. The number of carbonyl (C=O) groups is 3. The van der Waals surface area contributed by atoms with Crippen LogP contribution in [-0.4, -0.2) is 80.1 Å². The van der Waals surface area contributed by atoms with Gasteiger partial charge in [0.25, 0.3) is 11.8 Å². The first-order valence-electron chi connectivity index (χ1n) is 19.7. The molecule has 5 aromatic rings. The van der Waals surface area contributed by atoms with Crippen LogP contribution in [0.1, 0.15) is 71.1 Å². The largest absolute Gasteiger partial charge is 0.497 e. The number of methoxy groups -OCH3 is 1. The van der Waals surface area contributed by atoms with Crippen LogP contribution < -0.4 is 21.1 Å². The topological polar surface area (TPSA) is 159 Å². The normalized spacial score (nSPS) is 14.5. The van der Waals surface area contributed by atoms with E-state index in [9.17, 15) is 14.4 Å². The monoisotopic (exact) mass is 862 g/mol. The van der Waals surface area contributed by atoms with Crippen molar-refractivity contribution in [2.45, 2.75) is 83.6 Å². The smallest absolute Gasteiger partial charge is 0.253 e. The highest BCUT2D eigenvalue weighted by Crippen LogP contribution is 2.33. The molecule has 3 heterocycles. The zero-order valence-corrected chi connectivity index (χ0v) is 37.2. The molecule has 1 aliphatic heterocycles. The van der Waals surface area contributed by atoms with E-state index in [1.54, 1.807) is 31.7 Å². The molecule has 1 unspecified atom stereocenters. The van der Waals surface area contributed by atoms with Crippen LogP contribution in [0, 0.1) is 5.92 Å². The summed E-state index contributed by atoms with van der Waals surface area (Å²) in [6, 6.07) is 26.3. The molecule has 1 fully saturated rings. The summed E-state index contributed by atoms with van der Waals surface area (Å²) in [4.78, 5) is 50.7. The standard InChI is InChI=1S/C33H44N6O5.C12H14N2.2ClH/c1-23-15-17-38(18-16-23)31(42)33(4,25-11-13-26(43-5)14-12-25)39-19-28(35-22-39)37-29(40)27(36-30(41)32(2,3)34)21-44-20-24-9-7-6-8-10-24;1-12(2,14-9-8-13-10-14)11-6-4-3-5-7-11;;/h6-14,19,22-23,27H,15-18,20-21,34H2,1-5H3,(H,36,41)(H,37,40);3-10H,1-2H3;2*1H/t27-,33?;;;/m1.../s1. The summed E-state index contributed by atoms with van der Waals surface area (Å²) in [5.41, 5.74) is 6.58. The average Bonchev–Trinajstić information content (AvgIpc) is 3.95. The second-order valence-electron chi connectivity index (χ2n) is 16.1. The minimum atomic E-state index is -1.20. The number of aromatic nitrogens is 4. The first kappa shape index (κ1) is 49.2. The highest BCUT2D eigenvalue weighted by atomic mass is 35.5. The van der Waals surface area contributed by atoms with Crippen molar-refractivity contribution >= 4 is 48.4 Å². The van der Waals surface area contributed by atoms with Crippen LogP contribution >= 0.6 is 24.8 Å². The van der Waals surface area contributed by atoms with E-state index in [1.165, 1.54) is 11.9 Å². The zero-order valence-electron chi connectivity index (χ0n) is 35.5. The third kappa shape index (κ3) is 12.4. The molecule has 2 aromatic heterocycles. The predicted molar refractivity (Wildman–Crippen MR) is 239 cm³/mol. The van der Waals surface area contributed by atoms with Crippen molar-refractivity contribution in [1.82, 2.24) is 29.3 Å². The minimum absolute atomic E-state index is 0. The molecule has 0 bridgehead atoms. The van der Waals surface area contributed by atoms with Gasteiger partial charge in [0.15, 0.2) is 5.82 Å². The van der Waals surface area contributed by atoms with Gasteiger partial charge in [-0.3, -0.25) is 14.4 Å². The molecule has 4 N–H and O–H groups in total. The second-order valence-corrected chi connectivity index (χ2v) is 16.1. The first-order chi connectivity index (χ1) is 27.6. The Hall–Kier alpha value is -5.21. The fourth-order valence-electron chi connectivity index (χ4n) is 6.64. The van der Waals surface area contributed by atoms with E-state index in [4.69, 9.17) is 15.2 Å². The Morgan fingerprint density at radius 3 is 2.03 bits per heavy atom. The van der Waals surface area contributed by atoms with Crippen molar-refractivity contribution in [1.29, 1.82) is 0 Å². The summed E-state index contributed by atoms with van der Waals surface area (Å²) in [7, 11) is 1.59. The molecule has 15 heteroatoms. The minimum Gasteiger partial charge on any atom is -0.497 e. The van der Waals surface area contributed by atoms with Gasteiger partial charge in [-0.2, -0.15) is 0 Å². The molecule has 6 rings (SSSR count). The van der Waals surface area contributed by atoms with Gasteiger partial charge in [0.1, 0.15) is 17.3 Å². The van der Waals surface area contributed by atoms with Gasteiger partial charge in [-0.05, 0) is 82.2 Å². The molecule has 1 saturated heterocycles. The maximum absolute atomic E-state index is 14.2. The highest BCUT2D eigenvalue weighted by molar-refractivity contribution is 5.98. The van der Waals surface area contributed by atoms with Crippen LogP contribution in [0.3, 0.4) is 0 Å². The van der Waals surface area contributed by atoms with E-state index in [0.29, 0.717) is 24.8 Å². The van der Waals surface area contributed by atoms with Gasteiger partial charge in [-0.15, -0.1) is 24.8 Å². The Labute approximate surface area is 366 Å². The number of ether oxygens (including phenoxy) is 2. The lowest BCUT2D eigenvalue weighted by Gasteiger charge is -2.39. The predicted octanol–water partition coefficient (Wildman–Crippen LogP) is 6.80. The molecular weight excluding hydrogens is 803 g/mol.